The molecule has 1 heterocycles. The number of hydrogen-bond acceptors (Lipinski definition) is 3. The van der Waals surface area contributed by atoms with Crippen molar-refractivity contribution in [1.82, 2.24) is 10.2 Å². The van der Waals surface area contributed by atoms with E-state index >= 15 is 0 Å². The van der Waals surface area contributed by atoms with E-state index in [-0.39, 0.29) is 12.6 Å². The molecule has 0 bridgehead atoms. The Kier molecular flexibility index (Phi) is 2.80. The van der Waals surface area contributed by atoms with E-state index in [9.17, 15) is 0 Å². The highest BCUT2D eigenvalue weighted by molar-refractivity contribution is 5.63. The smallest absolute Gasteiger partial charge is 0.0698 e. The Morgan fingerprint density at radius 2 is 2.07 bits per heavy atom. The van der Waals surface area contributed by atoms with E-state index in [2.05, 4.69) is 10.2 Å². The monoisotopic (exact) mass is 203 g/mol. The fraction of sp³-hybridized carbons (Fsp3) is 0.182. The Labute approximate surface area is 87.7 Å². The van der Waals surface area contributed by atoms with Gasteiger partial charge in [0.25, 0.3) is 0 Å². The average Bonchev–Trinajstić information content (AvgIpc) is 2.78. The van der Waals surface area contributed by atoms with Crippen LogP contribution in [0, 0.1) is 0 Å². The van der Waals surface area contributed by atoms with Crippen LogP contribution in [-0.2, 0) is 0 Å². The van der Waals surface area contributed by atoms with Crippen LogP contribution in [0.15, 0.2) is 36.5 Å². The van der Waals surface area contributed by atoms with Crippen molar-refractivity contribution in [3.63, 3.8) is 0 Å². The Morgan fingerprint density at radius 3 is 2.73 bits per heavy atom. The Morgan fingerprint density at radius 1 is 1.33 bits per heavy atom. The van der Waals surface area contributed by atoms with Gasteiger partial charge in [0, 0.05) is 5.56 Å². The van der Waals surface area contributed by atoms with Gasteiger partial charge >= 0.3 is 0 Å². The van der Waals surface area contributed by atoms with Crippen molar-refractivity contribution in [2.75, 3.05) is 6.61 Å². The number of aromatic nitrogens is 2. The second-order valence-corrected chi connectivity index (χ2v) is 3.36. The molecule has 4 N–H and O–H groups in total. The number of nitrogens with zero attached hydrogens (tertiary/aromatic N) is 1. The number of rotatable bonds is 3. The van der Waals surface area contributed by atoms with Crippen molar-refractivity contribution in [2.45, 2.75) is 6.04 Å². The summed E-state index contributed by atoms with van der Waals surface area (Å²) < 4.78 is 0. The van der Waals surface area contributed by atoms with Crippen LogP contribution in [0.3, 0.4) is 0 Å². The Bertz CT molecular complexity index is 424. The quantitative estimate of drug-likeness (QED) is 0.698. The third-order valence-electron chi connectivity index (χ3n) is 2.33. The van der Waals surface area contributed by atoms with Gasteiger partial charge in [-0.05, 0) is 5.56 Å². The molecule has 4 heteroatoms. The summed E-state index contributed by atoms with van der Waals surface area (Å²) >= 11 is 0. The zero-order valence-electron chi connectivity index (χ0n) is 8.22. The minimum atomic E-state index is -0.390. The molecule has 1 aromatic heterocycles. The number of aliphatic hydroxyl groups is 1. The van der Waals surface area contributed by atoms with Crippen LogP contribution in [0.4, 0.5) is 0 Å². The van der Waals surface area contributed by atoms with Gasteiger partial charge in [-0.15, -0.1) is 0 Å². The molecule has 1 atom stereocenters. The topological polar surface area (TPSA) is 74.9 Å². The number of aromatic amines is 1. The first-order valence-corrected chi connectivity index (χ1v) is 4.78. The highest BCUT2D eigenvalue weighted by atomic mass is 16.3. The first kappa shape index (κ1) is 9.89. The predicted molar refractivity (Wildman–Crippen MR) is 58.0 cm³/mol. The van der Waals surface area contributed by atoms with Crippen LogP contribution in [0.5, 0.6) is 0 Å². The molecule has 0 spiro atoms. The van der Waals surface area contributed by atoms with E-state index in [1.165, 1.54) is 0 Å². The van der Waals surface area contributed by atoms with Crippen molar-refractivity contribution in [3.05, 3.63) is 42.1 Å². The molecular weight excluding hydrogens is 190 g/mol. The number of nitrogens with one attached hydrogen (secondary N) is 1. The summed E-state index contributed by atoms with van der Waals surface area (Å²) in [5.74, 6) is 0. The Balaban J connectivity index is 2.41. The van der Waals surface area contributed by atoms with Crippen molar-refractivity contribution < 1.29 is 5.11 Å². The molecule has 0 amide bonds. The molecule has 0 radical (unpaired) electrons. The van der Waals surface area contributed by atoms with Crippen molar-refractivity contribution in [2.24, 2.45) is 5.73 Å². The van der Waals surface area contributed by atoms with Crippen LogP contribution in [0.2, 0.25) is 0 Å². The standard InChI is InChI=1S/C11H13N3O/c12-10(7-15)9-6-13-14-11(9)8-4-2-1-3-5-8/h1-6,10,15H,7,12H2,(H,13,14)/t10-/m0/s1. The minimum Gasteiger partial charge on any atom is -0.394 e. The van der Waals surface area contributed by atoms with Gasteiger partial charge in [0.15, 0.2) is 0 Å². The summed E-state index contributed by atoms with van der Waals surface area (Å²) in [6.07, 6.45) is 1.66. The second-order valence-electron chi connectivity index (χ2n) is 3.36. The fourth-order valence-corrected chi connectivity index (χ4v) is 1.51. The molecular formula is C11H13N3O. The highest BCUT2D eigenvalue weighted by Gasteiger charge is 2.13. The molecule has 2 rings (SSSR count). The van der Waals surface area contributed by atoms with Gasteiger partial charge in [0.1, 0.15) is 0 Å². The van der Waals surface area contributed by atoms with Crippen LogP contribution in [0.25, 0.3) is 11.3 Å². The first-order chi connectivity index (χ1) is 7.33. The van der Waals surface area contributed by atoms with Crippen LogP contribution >= 0.6 is 0 Å². The van der Waals surface area contributed by atoms with Gasteiger partial charge in [-0.3, -0.25) is 5.10 Å². The van der Waals surface area contributed by atoms with E-state index in [4.69, 9.17) is 10.8 Å². The molecule has 0 aliphatic heterocycles. The summed E-state index contributed by atoms with van der Waals surface area (Å²) in [5.41, 5.74) is 8.50. The summed E-state index contributed by atoms with van der Waals surface area (Å²) in [5, 5.41) is 15.9. The van der Waals surface area contributed by atoms with Crippen LogP contribution in [0.1, 0.15) is 11.6 Å². The SMILES string of the molecule is N[C@@H](CO)c1cn[nH]c1-c1ccccc1. The predicted octanol–water partition coefficient (Wildman–Crippen LogP) is 1.07. The zero-order chi connectivity index (χ0) is 10.7. The lowest BCUT2D eigenvalue weighted by molar-refractivity contribution is 0.268. The molecule has 1 aromatic carbocycles. The molecule has 4 nitrogen and oxygen atoms in total. The van der Waals surface area contributed by atoms with E-state index in [0.29, 0.717) is 0 Å². The third kappa shape index (κ3) is 1.91. The van der Waals surface area contributed by atoms with Crippen molar-refractivity contribution >= 4 is 0 Å². The fourth-order valence-electron chi connectivity index (χ4n) is 1.51. The summed E-state index contributed by atoms with van der Waals surface area (Å²) in [6, 6.07) is 9.40. The maximum Gasteiger partial charge on any atom is 0.0698 e. The molecule has 0 saturated heterocycles. The van der Waals surface area contributed by atoms with Gasteiger partial charge in [-0.25, -0.2) is 0 Å². The van der Waals surface area contributed by atoms with Crippen molar-refractivity contribution in [1.29, 1.82) is 0 Å². The summed E-state index contributed by atoms with van der Waals surface area (Å²) in [4.78, 5) is 0. The maximum atomic E-state index is 9.01. The van der Waals surface area contributed by atoms with E-state index < -0.39 is 0 Å². The van der Waals surface area contributed by atoms with Gasteiger partial charge < -0.3 is 10.8 Å². The lowest BCUT2D eigenvalue weighted by Gasteiger charge is -2.08. The minimum absolute atomic E-state index is 0.0840. The number of aliphatic hydroxyl groups excluding tert-OH is 1. The molecule has 78 valence electrons. The molecule has 2 aromatic rings. The van der Waals surface area contributed by atoms with Crippen LogP contribution < -0.4 is 5.73 Å². The normalized spacial score (nSPS) is 12.7. The highest BCUT2D eigenvalue weighted by Crippen LogP contribution is 2.24. The molecule has 0 aliphatic rings. The van der Waals surface area contributed by atoms with E-state index in [1.807, 2.05) is 30.3 Å². The summed E-state index contributed by atoms with van der Waals surface area (Å²) in [6.45, 7) is -0.0840. The zero-order valence-corrected chi connectivity index (χ0v) is 8.22. The van der Waals surface area contributed by atoms with E-state index in [1.54, 1.807) is 6.20 Å². The van der Waals surface area contributed by atoms with Gasteiger partial charge in [-0.2, -0.15) is 5.10 Å². The van der Waals surface area contributed by atoms with Crippen LogP contribution in [-0.4, -0.2) is 21.9 Å². The molecule has 15 heavy (non-hydrogen) atoms. The number of benzene rings is 1. The molecule has 0 fully saturated rings. The third-order valence-corrected chi connectivity index (χ3v) is 2.33. The molecule has 0 unspecified atom stereocenters. The molecule has 0 saturated carbocycles. The summed E-state index contributed by atoms with van der Waals surface area (Å²) in [7, 11) is 0. The Hall–Kier alpha value is -1.65. The van der Waals surface area contributed by atoms with E-state index in [0.717, 1.165) is 16.8 Å². The average molecular weight is 203 g/mol. The van der Waals surface area contributed by atoms with Gasteiger partial charge in [-0.1, -0.05) is 30.3 Å². The number of nitrogens with two attached hydrogens (primary N) is 1. The van der Waals surface area contributed by atoms with Crippen molar-refractivity contribution in [3.8, 4) is 11.3 Å². The largest absolute Gasteiger partial charge is 0.394 e. The first-order valence-electron chi connectivity index (χ1n) is 4.78. The second kappa shape index (κ2) is 4.25. The van der Waals surface area contributed by atoms with Gasteiger partial charge in [0.2, 0.25) is 0 Å². The molecule has 0 aliphatic carbocycles. The number of H-pyrrole nitrogens is 1. The van der Waals surface area contributed by atoms with Gasteiger partial charge in [0.05, 0.1) is 24.5 Å². The number of hydrogen-bond donors (Lipinski definition) is 3. The lowest BCUT2D eigenvalue weighted by atomic mass is 10.0. The lowest BCUT2D eigenvalue weighted by Crippen LogP contribution is -2.14. The maximum absolute atomic E-state index is 9.01.